The van der Waals surface area contributed by atoms with Crippen molar-refractivity contribution in [3.63, 3.8) is 0 Å². The quantitative estimate of drug-likeness (QED) is 0.848. The largest absolute Gasteiger partial charge is 0.312 e. The van der Waals surface area contributed by atoms with Crippen molar-refractivity contribution in [1.82, 2.24) is 4.31 Å². The summed E-state index contributed by atoms with van der Waals surface area (Å²) in [6, 6.07) is 7.95. The first-order valence-corrected chi connectivity index (χ1v) is 9.76. The molecule has 0 bridgehead atoms. The summed E-state index contributed by atoms with van der Waals surface area (Å²) >= 11 is 0. The molecule has 0 radical (unpaired) electrons. The lowest BCUT2D eigenvalue weighted by Crippen LogP contribution is -2.35. The Labute approximate surface area is 137 Å². The number of aryl methyl sites for hydroxylation is 1. The Morgan fingerprint density at radius 3 is 2.70 bits per heavy atom. The molecule has 3 aliphatic rings. The molecule has 1 aromatic rings. The Morgan fingerprint density at radius 2 is 2.00 bits per heavy atom. The van der Waals surface area contributed by atoms with Gasteiger partial charge in [0.25, 0.3) is 0 Å². The van der Waals surface area contributed by atoms with Crippen LogP contribution in [-0.2, 0) is 14.8 Å². The molecular formula is C17H22N2O3S. The van der Waals surface area contributed by atoms with Gasteiger partial charge in [-0.15, -0.1) is 0 Å². The first-order chi connectivity index (χ1) is 10.9. The fraction of sp³-hybridized carbons (Fsp3) is 0.588. The van der Waals surface area contributed by atoms with Crippen LogP contribution in [-0.4, -0.2) is 43.5 Å². The molecule has 1 spiro atoms. The highest BCUT2D eigenvalue weighted by Gasteiger charge is 2.52. The Bertz CT molecular complexity index is 757. The average molecular weight is 334 g/mol. The van der Waals surface area contributed by atoms with Gasteiger partial charge in [-0.05, 0) is 43.9 Å². The van der Waals surface area contributed by atoms with Gasteiger partial charge in [0.1, 0.15) is 0 Å². The molecule has 1 aromatic carbocycles. The molecule has 1 saturated carbocycles. The number of rotatable bonds is 3. The highest BCUT2D eigenvalue weighted by Crippen LogP contribution is 2.44. The SMILES string of the molecule is Cc1cccc(N2CC3(CCN(S(=O)(=O)C4CC4)C3)CC2=O)c1. The third kappa shape index (κ3) is 2.58. The van der Waals surface area contributed by atoms with Crippen molar-refractivity contribution in [2.45, 2.75) is 37.9 Å². The predicted octanol–water partition coefficient (Wildman–Crippen LogP) is 1.92. The molecule has 4 rings (SSSR count). The van der Waals surface area contributed by atoms with Crippen molar-refractivity contribution < 1.29 is 13.2 Å². The van der Waals surface area contributed by atoms with Gasteiger partial charge in [-0.25, -0.2) is 12.7 Å². The van der Waals surface area contributed by atoms with Crippen LogP contribution in [0.3, 0.4) is 0 Å². The number of carbonyl (C=O) groups excluding carboxylic acids is 1. The lowest BCUT2D eigenvalue weighted by Gasteiger charge is -2.24. The van der Waals surface area contributed by atoms with Gasteiger partial charge >= 0.3 is 0 Å². The van der Waals surface area contributed by atoms with E-state index in [4.69, 9.17) is 0 Å². The maximum Gasteiger partial charge on any atom is 0.227 e. The summed E-state index contributed by atoms with van der Waals surface area (Å²) in [5.74, 6) is 0.112. The number of carbonyl (C=O) groups is 1. The average Bonchev–Trinajstić information content (AvgIpc) is 3.21. The summed E-state index contributed by atoms with van der Waals surface area (Å²) in [5.41, 5.74) is 1.85. The first kappa shape index (κ1) is 15.1. The van der Waals surface area contributed by atoms with Crippen LogP contribution < -0.4 is 4.90 Å². The summed E-state index contributed by atoms with van der Waals surface area (Å²) in [6.07, 6.45) is 2.82. The summed E-state index contributed by atoms with van der Waals surface area (Å²) in [6.45, 7) is 3.71. The molecule has 1 aliphatic carbocycles. The van der Waals surface area contributed by atoms with E-state index in [1.165, 1.54) is 0 Å². The van der Waals surface area contributed by atoms with Crippen molar-refractivity contribution >= 4 is 21.6 Å². The number of benzene rings is 1. The molecular weight excluding hydrogens is 312 g/mol. The van der Waals surface area contributed by atoms with E-state index in [-0.39, 0.29) is 16.6 Å². The number of hydrogen-bond acceptors (Lipinski definition) is 3. The Morgan fingerprint density at radius 1 is 1.22 bits per heavy atom. The second-order valence-corrected chi connectivity index (χ2v) is 9.54. The molecule has 2 aliphatic heterocycles. The van der Waals surface area contributed by atoms with Crippen LogP contribution in [0.25, 0.3) is 0 Å². The van der Waals surface area contributed by atoms with Crippen LogP contribution in [0.5, 0.6) is 0 Å². The van der Waals surface area contributed by atoms with Crippen LogP contribution >= 0.6 is 0 Å². The molecule has 1 amide bonds. The maximum absolute atomic E-state index is 12.5. The van der Waals surface area contributed by atoms with E-state index in [0.29, 0.717) is 26.1 Å². The first-order valence-electron chi connectivity index (χ1n) is 8.26. The van der Waals surface area contributed by atoms with E-state index in [0.717, 1.165) is 30.5 Å². The fourth-order valence-corrected chi connectivity index (χ4v) is 5.84. The van der Waals surface area contributed by atoms with E-state index in [1.54, 1.807) is 4.31 Å². The van der Waals surface area contributed by atoms with E-state index >= 15 is 0 Å². The van der Waals surface area contributed by atoms with Crippen LogP contribution in [0.1, 0.15) is 31.2 Å². The predicted molar refractivity (Wildman–Crippen MR) is 88.7 cm³/mol. The lowest BCUT2D eigenvalue weighted by molar-refractivity contribution is -0.117. The Hall–Kier alpha value is -1.40. The molecule has 1 unspecified atom stereocenters. The molecule has 5 nitrogen and oxygen atoms in total. The highest BCUT2D eigenvalue weighted by atomic mass is 32.2. The molecule has 124 valence electrons. The second kappa shape index (κ2) is 5.05. The van der Waals surface area contributed by atoms with Crippen LogP contribution in [0.4, 0.5) is 5.69 Å². The minimum atomic E-state index is -3.13. The molecule has 1 atom stereocenters. The number of nitrogens with zero attached hydrogens (tertiary/aromatic N) is 2. The van der Waals surface area contributed by atoms with E-state index in [2.05, 4.69) is 0 Å². The minimum Gasteiger partial charge on any atom is -0.312 e. The van der Waals surface area contributed by atoms with Crippen molar-refractivity contribution in [3.8, 4) is 0 Å². The third-order valence-corrected chi connectivity index (χ3v) is 7.69. The van der Waals surface area contributed by atoms with Gasteiger partial charge in [0.05, 0.1) is 5.25 Å². The third-order valence-electron chi connectivity index (χ3n) is 5.34. The minimum absolute atomic E-state index is 0.112. The summed E-state index contributed by atoms with van der Waals surface area (Å²) in [4.78, 5) is 14.3. The fourth-order valence-electron chi connectivity index (χ4n) is 3.89. The van der Waals surface area contributed by atoms with Crippen LogP contribution in [0, 0.1) is 12.3 Å². The second-order valence-electron chi connectivity index (χ2n) is 7.32. The van der Waals surface area contributed by atoms with Gasteiger partial charge in [-0.2, -0.15) is 0 Å². The van der Waals surface area contributed by atoms with Crippen molar-refractivity contribution in [2.24, 2.45) is 5.41 Å². The van der Waals surface area contributed by atoms with Crippen molar-refractivity contribution in [3.05, 3.63) is 29.8 Å². The van der Waals surface area contributed by atoms with Gasteiger partial charge in [-0.3, -0.25) is 4.79 Å². The van der Waals surface area contributed by atoms with E-state index in [1.807, 2.05) is 36.1 Å². The number of hydrogen-bond donors (Lipinski definition) is 0. The van der Waals surface area contributed by atoms with Gasteiger partial charge in [0, 0.05) is 37.2 Å². The maximum atomic E-state index is 12.5. The normalized spacial score (nSPS) is 28.9. The summed E-state index contributed by atoms with van der Waals surface area (Å²) in [5, 5.41) is -0.164. The van der Waals surface area contributed by atoms with Crippen LogP contribution in [0.15, 0.2) is 24.3 Å². The van der Waals surface area contributed by atoms with E-state index in [9.17, 15) is 13.2 Å². The number of amides is 1. The Balaban J connectivity index is 1.54. The summed E-state index contributed by atoms with van der Waals surface area (Å²) in [7, 11) is -3.13. The van der Waals surface area contributed by atoms with Gasteiger partial charge in [0.2, 0.25) is 15.9 Å². The number of anilines is 1. The molecule has 3 fully saturated rings. The highest BCUT2D eigenvalue weighted by molar-refractivity contribution is 7.90. The smallest absolute Gasteiger partial charge is 0.227 e. The monoisotopic (exact) mass is 334 g/mol. The van der Waals surface area contributed by atoms with Gasteiger partial charge in [0.15, 0.2) is 0 Å². The van der Waals surface area contributed by atoms with E-state index < -0.39 is 10.0 Å². The Kier molecular flexibility index (Phi) is 3.32. The van der Waals surface area contributed by atoms with Gasteiger partial charge < -0.3 is 4.90 Å². The standard InChI is InChI=1S/C17H22N2O3S/c1-13-3-2-4-14(9-13)19-12-17(10-16(19)20)7-8-18(11-17)23(21,22)15-5-6-15/h2-4,9,15H,5-8,10-12H2,1H3. The van der Waals surface area contributed by atoms with Crippen LogP contribution in [0.2, 0.25) is 0 Å². The molecule has 0 aromatic heterocycles. The molecule has 6 heteroatoms. The molecule has 2 saturated heterocycles. The topological polar surface area (TPSA) is 57.7 Å². The lowest BCUT2D eigenvalue weighted by atomic mass is 9.86. The summed E-state index contributed by atoms with van der Waals surface area (Å²) < 4.78 is 26.5. The van der Waals surface area contributed by atoms with Gasteiger partial charge in [-0.1, -0.05) is 12.1 Å². The molecule has 2 heterocycles. The van der Waals surface area contributed by atoms with Crippen molar-refractivity contribution in [1.29, 1.82) is 0 Å². The zero-order chi connectivity index (χ0) is 16.2. The molecule has 0 N–H and O–H groups in total. The zero-order valence-electron chi connectivity index (χ0n) is 13.4. The molecule has 23 heavy (non-hydrogen) atoms. The van der Waals surface area contributed by atoms with Crippen molar-refractivity contribution in [2.75, 3.05) is 24.5 Å². The number of sulfonamides is 1. The zero-order valence-corrected chi connectivity index (χ0v) is 14.2.